The predicted molar refractivity (Wildman–Crippen MR) is 89.1 cm³/mol. The molecule has 2 heterocycles. The van der Waals surface area contributed by atoms with Gasteiger partial charge in [-0.1, -0.05) is 30.3 Å². The Balaban J connectivity index is 1.59. The van der Waals surface area contributed by atoms with Crippen molar-refractivity contribution in [2.75, 3.05) is 18.5 Å². The van der Waals surface area contributed by atoms with Gasteiger partial charge in [0.25, 0.3) is 0 Å². The number of hydrogen-bond donors (Lipinski definition) is 2. The highest BCUT2D eigenvalue weighted by Crippen LogP contribution is 2.23. The summed E-state index contributed by atoms with van der Waals surface area (Å²) >= 11 is 0. The van der Waals surface area contributed by atoms with Crippen molar-refractivity contribution in [2.45, 2.75) is 6.42 Å². The molecule has 0 radical (unpaired) electrons. The van der Waals surface area contributed by atoms with Gasteiger partial charge in [-0.25, -0.2) is 4.98 Å². The van der Waals surface area contributed by atoms with Crippen molar-refractivity contribution < 1.29 is 9.53 Å². The Morgan fingerprint density at radius 1 is 1.22 bits per heavy atom. The SMILES string of the molecule is O=C(Nc1ccc2nc(-c3ccccc3)[nH]c2c1)[C@@H]1CCOC1. The van der Waals surface area contributed by atoms with Crippen LogP contribution in [0.3, 0.4) is 0 Å². The lowest BCUT2D eigenvalue weighted by Crippen LogP contribution is -2.22. The van der Waals surface area contributed by atoms with E-state index >= 15 is 0 Å². The number of amides is 1. The van der Waals surface area contributed by atoms with Crippen LogP contribution in [0.2, 0.25) is 0 Å². The summed E-state index contributed by atoms with van der Waals surface area (Å²) in [5, 5.41) is 2.96. The van der Waals surface area contributed by atoms with Gasteiger partial charge in [-0.2, -0.15) is 0 Å². The molecule has 1 aromatic heterocycles. The number of ether oxygens (including phenoxy) is 1. The molecular weight excluding hydrogens is 290 g/mol. The lowest BCUT2D eigenvalue weighted by atomic mass is 10.1. The first-order valence-electron chi connectivity index (χ1n) is 7.73. The molecule has 1 fully saturated rings. The molecule has 1 aliphatic rings. The second kappa shape index (κ2) is 5.85. The first-order chi connectivity index (χ1) is 11.3. The summed E-state index contributed by atoms with van der Waals surface area (Å²) in [5.74, 6) is 0.797. The van der Waals surface area contributed by atoms with Gasteiger partial charge in [-0.15, -0.1) is 0 Å². The van der Waals surface area contributed by atoms with Gasteiger partial charge in [0.2, 0.25) is 5.91 Å². The maximum Gasteiger partial charge on any atom is 0.229 e. The Kier molecular flexibility index (Phi) is 3.55. The smallest absolute Gasteiger partial charge is 0.229 e. The van der Waals surface area contributed by atoms with Crippen molar-refractivity contribution in [2.24, 2.45) is 5.92 Å². The normalized spacial score (nSPS) is 17.5. The molecule has 0 spiro atoms. The third-order valence-electron chi connectivity index (χ3n) is 4.10. The van der Waals surface area contributed by atoms with Crippen LogP contribution in [0, 0.1) is 5.92 Å². The Labute approximate surface area is 133 Å². The fourth-order valence-corrected chi connectivity index (χ4v) is 2.81. The summed E-state index contributed by atoms with van der Waals surface area (Å²) in [7, 11) is 0. The van der Waals surface area contributed by atoms with Gasteiger partial charge in [-0.3, -0.25) is 4.79 Å². The average molecular weight is 307 g/mol. The van der Waals surface area contributed by atoms with Crippen LogP contribution in [0.15, 0.2) is 48.5 Å². The Hall–Kier alpha value is -2.66. The van der Waals surface area contributed by atoms with E-state index in [2.05, 4.69) is 15.3 Å². The average Bonchev–Trinajstić information content (AvgIpc) is 3.25. The number of aromatic nitrogens is 2. The minimum absolute atomic E-state index is 0.0182. The number of hydrogen-bond acceptors (Lipinski definition) is 3. The molecule has 1 saturated heterocycles. The van der Waals surface area contributed by atoms with Crippen molar-refractivity contribution in [1.82, 2.24) is 9.97 Å². The van der Waals surface area contributed by atoms with Crippen molar-refractivity contribution in [3.05, 3.63) is 48.5 Å². The topological polar surface area (TPSA) is 67.0 Å². The van der Waals surface area contributed by atoms with E-state index in [1.54, 1.807) is 0 Å². The third-order valence-corrected chi connectivity index (χ3v) is 4.10. The number of carbonyl (C=O) groups excluding carboxylic acids is 1. The van der Waals surface area contributed by atoms with Gasteiger partial charge >= 0.3 is 0 Å². The summed E-state index contributed by atoms with van der Waals surface area (Å²) in [6.45, 7) is 1.17. The number of aromatic amines is 1. The van der Waals surface area contributed by atoms with Gasteiger partial charge in [0.1, 0.15) is 5.82 Å². The fraction of sp³-hybridized carbons (Fsp3) is 0.222. The maximum atomic E-state index is 12.2. The molecule has 1 atom stereocenters. The highest BCUT2D eigenvalue weighted by Gasteiger charge is 2.23. The maximum absolute atomic E-state index is 12.2. The number of fused-ring (bicyclic) bond motifs is 1. The second-order valence-electron chi connectivity index (χ2n) is 5.73. The molecule has 23 heavy (non-hydrogen) atoms. The first kappa shape index (κ1) is 14.0. The molecule has 1 aliphatic heterocycles. The van der Waals surface area contributed by atoms with E-state index < -0.39 is 0 Å². The van der Waals surface area contributed by atoms with Crippen molar-refractivity contribution in [3.8, 4) is 11.4 Å². The number of nitrogens with one attached hydrogen (secondary N) is 2. The number of rotatable bonds is 3. The monoisotopic (exact) mass is 307 g/mol. The van der Waals surface area contributed by atoms with E-state index in [0.717, 1.165) is 34.5 Å². The number of imidazole rings is 1. The lowest BCUT2D eigenvalue weighted by Gasteiger charge is -2.09. The lowest BCUT2D eigenvalue weighted by molar-refractivity contribution is -0.119. The zero-order valence-corrected chi connectivity index (χ0v) is 12.6. The summed E-state index contributed by atoms with van der Waals surface area (Å²) < 4.78 is 5.26. The molecule has 0 aliphatic carbocycles. The van der Waals surface area contributed by atoms with Crippen LogP contribution >= 0.6 is 0 Å². The summed E-state index contributed by atoms with van der Waals surface area (Å²) in [4.78, 5) is 20.1. The molecule has 0 bridgehead atoms. The molecule has 0 saturated carbocycles. The Morgan fingerprint density at radius 2 is 2.09 bits per heavy atom. The third kappa shape index (κ3) is 2.83. The number of benzene rings is 2. The van der Waals surface area contributed by atoms with Crippen LogP contribution in [-0.4, -0.2) is 29.1 Å². The van der Waals surface area contributed by atoms with Gasteiger partial charge in [-0.05, 0) is 24.6 Å². The minimum atomic E-state index is -0.0488. The van der Waals surface area contributed by atoms with Crippen LogP contribution in [0.1, 0.15) is 6.42 Å². The van der Waals surface area contributed by atoms with E-state index in [4.69, 9.17) is 4.74 Å². The molecule has 2 aromatic carbocycles. The van der Waals surface area contributed by atoms with Crippen LogP contribution in [0.5, 0.6) is 0 Å². The summed E-state index contributed by atoms with van der Waals surface area (Å²) in [6.07, 6.45) is 0.788. The molecule has 4 rings (SSSR count). The number of anilines is 1. The molecule has 3 aromatic rings. The standard InChI is InChI=1S/C18H17N3O2/c22-18(13-8-9-23-11-13)19-14-6-7-15-16(10-14)21-17(20-15)12-4-2-1-3-5-12/h1-7,10,13H,8-9,11H2,(H,19,22)(H,20,21)/t13-/m1/s1. The largest absolute Gasteiger partial charge is 0.381 e. The molecular formula is C18H17N3O2. The fourth-order valence-electron chi connectivity index (χ4n) is 2.81. The zero-order valence-electron chi connectivity index (χ0n) is 12.6. The van der Waals surface area contributed by atoms with Gasteiger partial charge < -0.3 is 15.0 Å². The molecule has 2 N–H and O–H groups in total. The van der Waals surface area contributed by atoms with E-state index in [9.17, 15) is 4.79 Å². The highest BCUT2D eigenvalue weighted by atomic mass is 16.5. The number of H-pyrrole nitrogens is 1. The van der Waals surface area contributed by atoms with Crippen molar-refractivity contribution in [3.63, 3.8) is 0 Å². The second-order valence-corrected chi connectivity index (χ2v) is 5.73. The quantitative estimate of drug-likeness (QED) is 0.781. The van der Waals surface area contributed by atoms with E-state index in [-0.39, 0.29) is 11.8 Å². The summed E-state index contributed by atoms with van der Waals surface area (Å²) in [5.41, 5.74) is 3.60. The van der Waals surface area contributed by atoms with Crippen molar-refractivity contribution >= 4 is 22.6 Å². The van der Waals surface area contributed by atoms with Crippen molar-refractivity contribution in [1.29, 1.82) is 0 Å². The van der Waals surface area contributed by atoms with Gasteiger partial charge in [0, 0.05) is 17.9 Å². The van der Waals surface area contributed by atoms with E-state index in [0.29, 0.717) is 13.2 Å². The van der Waals surface area contributed by atoms with E-state index in [1.165, 1.54) is 0 Å². The van der Waals surface area contributed by atoms with Gasteiger partial charge in [0.15, 0.2) is 0 Å². The summed E-state index contributed by atoms with van der Waals surface area (Å²) in [6, 6.07) is 15.7. The van der Waals surface area contributed by atoms with Gasteiger partial charge in [0.05, 0.1) is 23.6 Å². The Bertz CT molecular complexity index is 836. The highest BCUT2D eigenvalue weighted by molar-refractivity contribution is 5.95. The van der Waals surface area contributed by atoms with Crippen LogP contribution in [0.4, 0.5) is 5.69 Å². The number of carbonyl (C=O) groups is 1. The first-order valence-corrected chi connectivity index (χ1v) is 7.73. The molecule has 5 nitrogen and oxygen atoms in total. The van der Waals surface area contributed by atoms with Crippen LogP contribution in [0.25, 0.3) is 22.4 Å². The number of nitrogens with zero attached hydrogens (tertiary/aromatic N) is 1. The van der Waals surface area contributed by atoms with Crippen LogP contribution in [-0.2, 0) is 9.53 Å². The molecule has 0 unspecified atom stereocenters. The molecule has 116 valence electrons. The minimum Gasteiger partial charge on any atom is -0.381 e. The molecule has 1 amide bonds. The van der Waals surface area contributed by atoms with E-state index in [1.807, 2.05) is 48.5 Å². The zero-order chi connectivity index (χ0) is 15.6. The molecule has 5 heteroatoms. The van der Waals surface area contributed by atoms with Crippen LogP contribution < -0.4 is 5.32 Å². The predicted octanol–water partition coefficient (Wildman–Crippen LogP) is 3.20. The Morgan fingerprint density at radius 3 is 2.87 bits per heavy atom.